The lowest BCUT2D eigenvalue weighted by molar-refractivity contribution is -0.131. The van der Waals surface area contributed by atoms with Crippen LogP contribution < -0.4 is 16.4 Å². The Morgan fingerprint density at radius 3 is 2.45 bits per heavy atom. The molecule has 226 valence electrons. The predicted octanol–water partition coefficient (Wildman–Crippen LogP) is 3.52. The van der Waals surface area contributed by atoms with Gasteiger partial charge in [0.25, 0.3) is 0 Å². The average molecular weight is 560 g/mol. The molecule has 9 nitrogen and oxygen atoms in total. The third-order valence-corrected chi connectivity index (χ3v) is 8.12. The van der Waals surface area contributed by atoms with Gasteiger partial charge in [-0.05, 0) is 68.9 Å². The Kier molecular flexibility index (Phi) is 13.1. The SMILES string of the molecule is CNC(=O)C(C)(C)CNC(=O)[C@@H](C[C@H](O)[C@@H](N)C[C@H](Cc1ccc2cnn(CCCOC)c2c1)C(C)C)C(C)C. The van der Waals surface area contributed by atoms with Crippen molar-refractivity contribution in [2.75, 3.05) is 27.3 Å². The van der Waals surface area contributed by atoms with E-state index in [2.05, 4.69) is 47.8 Å². The second-order valence-corrected chi connectivity index (χ2v) is 12.5. The molecule has 1 aromatic heterocycles. The van der Waals surface area contributed by atoms with E-state index in [4.69, 9.17) is 10.5 Å². The third-order valence-electron chi connectivity index (χ3n) is 8.12. The Hall–Kier alpha value is -2.49. The quantitative estimate of drug-likeness (QED) is 0.219. The van der Waals surface area contributed by atoms with Crippen LogP contribution >= 0.6 is 0 Å². The lowest BCUT2D eigenvalue weighted by Gasteiger charge is -2.30. The molecule has 0 saturated heterocycles. The predicted molar refractivity (Wildman–Crippen MR) is 161 cm³/mol. The number of methoxy groups -OCH3 is 1. The number of fused-ring (bicyclic) bond motifs is 1. The van der Waals surface area contributed by atoms with E-state index in [-0.39, 0.29) is 36.6 Å². The zero-order chi connectivity index (χ0) is 30.0. The number of nitrogens with two attached hydrogens (primary N) is 1. The number of rotatable bonds is 17. The molecular formula is C31H53N5O4. The van der Waals surface area contributed by atoms with Crippen molar-refractivity contribution < 1.29 is 19.4 Å². The van der Waals surface area contributed by atoms with Crippen molar-refractivity contribution in [3.8, 4) is 0 Å². The molecule has 0 spiro atoms. The Morgan fingerprint density at radius 2 is 1.85 bits per heavy atom. The molecule has 2 amide bonds. The van der Waals surface area contributed by atoms with E-state index in [1.807, 2.05) is 24.7 Å². The van der Waals surface area contributed by atoms with Crippen molar-refractivity contribution in [2.45, 2.75) is 85.9 Å². The highest BCUT2D eigenvalue weighted by Gasteiger charge is 2.32. The van der Waals surface area contributed by atoms with E-state index in [9.17, 15) is 14.7 Å². The smallest absolute Gasteiger partial charge is 0.227 e. The van der Waals surface area contributed by atoms with Crippen molar-refractivity contribution in [3.63, 3.8) is 0 Å². The molecule has 1 aromatic carbocycles. The number of aryl methyl sites for hydroxylation is 1. The molecule has 0 unspecified atom stereocenters. The Balaban J connectivity index is 2.05. The fraction of sp³-hybridized carbons (Fsp3) is 0.710. The van der Waals surface area contributed by atoms with Gasteiger partial charge in [0.1, 0.15) is 0 Å². The number of nitrogens with zero attached hydrogens (tertiary/aromatic N) is 2. The van der Waals surface area contributed by atoms with Crippen LogP contribution in [-0.2, 0) is 27.3 Å². The first-order valence-corrected chi connectivity index (χ1v) is 14.7. The summed E-state index contributed by atoms with van der Waals surface area (Å²) in [4.78, 5) is 25.2. The van der Waals surface area contributed by atoms with Crippen LogP contribution in [0.3, 0.4) is 0 Å². The van der Waals surface area contributed by atoms with Crippen molar-refractivity contribution in [3.05, 3.63) is 30.0 Å². The second kappa shape index (κ2) is 15.5. The summed E-state index contributed by atoms with van der Waals surface area (Å²) < 4.78 is 7.22. The molecule has 0 fully saturated rings. The molecule has 1 heterocycles. The van der Waals surface area contributed by atoms with Crippen LogP contribution in [0.2, 0.25) is 0 Å². The number of ether oxygens (including phenoxy) is 1. The molecule has 40 heavy (non-hydrogen) atoms. The minimum atomic E-state index is -0.809. The van der Waals surface area contributed by atoms with Gasteiger partial charge in [0.05, 0.1) is 23.2 Å². The van der Waals surface area contributed by atoms with Crippen molar-refractivity contribution in [2.24, 2.45) is 34.8 Å². The molecule has 5 N–H and O–H groups in total. The van der Waals surface area contributed by atoms with Crippen LogP contribution in [-0.4, -0.2) is 66.2 Å². The van der Waals surface area contributed by atoms with Gasteiger partial charge in [0.15, 0.2) is 0 Å². The topological polar surface area (TPSA) is 132 Å². The van der Waals surface area contributed by atoms with Gasteiger partial charge in [0.2, 0.25) is 11.8 Å². The maximum Gasteiger partial charge on any atom is 0.227 e. The molecule has 9 heteroatoms. The number of hydrogen-bond acceptors (Lipinski definition) is 6. The maximum absolute atomic E-state index is 13.1. The molecule has 0 saturated carbocycles. The van der Waals surface area contributed by atoms with Gasteiger partial charge < -0.3 is 26.2 Å². The number of aliphatic hydroxyl groups is 1. The fourth-order valence-electron chi connectivity index (χ4n) is 5.16. The van der Waals surface area contributed by atoms with Crippen LogP contribution in [0.4, 0.5) is 0 Å². The Morgan fingerprint density at radius 1 is 1.15 bits per heavy atom. The first kappa shape index (κ1) is 33.7. The lowest BCUT2D eigenvalue weighted by Crippen LogP contribution is -2.47. The summed E-state index contributed by atoms with van der Waals surface area (Å²) in [5.74, 6) is -0.0334. The van der Waals surface area contributed by atoms with Gasteiger partial charge in [-0.1, -0.05) is 39.8 Å². The lowest BCUT2D eigenvalue weighted by atomic mass is 9.80. The fourth-order valence-corrected chi connectivity index (χ4v) is 5.16. The van der Waals surface area contributed by atoms with Gasteiger partial charge in [0, 0.05) is 51.2 Å². The van der Waals surface area contributed by atoms with Crippen LogP contribution in [0.5, 0.6) is 0 Å². The summed E-state index contributed by atoms with van der Waals surface area (Å²) in [6.45, 7) is 13.6. The third kappa shape index (κ3) is 9.56. The first-order valence-electron chi connectivity index (χ1n) is 14.7. The minimum absolute atomic E-state index is 0.0197. The molecule has 4 atom stereocenters. The van der Waals surface area contributed by atoms with Gasteiger partial charge in [-0.3, -0.25) is 14.3 Å². The molecule has 0 radical (unpaired) electrons. The van der Waals surface area contributed by atoms with Crippen molar-refractivity contribution in [1.29, 1.82) is 0 Å². The average Bonchev–Trinajstić information content (AvgIpc) is 3.31. The van der Waals surface area contributed by atoms with Crippen LogP contribution in [0, 0.1) is 29.1 Å². The molecule has 0 bridgehead atoms. The van der Waals surface area contributed by atoms with Gasteiger partial charge >= 0.3 is 0 Å². The Bertz CT molecular complexity index is 1080. The van der Waals surface area contributed by atoms with E-state index in [0.29, 0.717) is 18.9 Å². The minimum Gasteiger partial charge on any atom is -0.391 e. The summed E-state index contributed by atoms with van der Waals surface area (Å²) in [6, 6.07) is 6.03. The van der Waals surface area contributed by atoms with Crippen LogP contribution in [0.25, 0.3) is 10.9 Å². The molecule has 0 aliphatic heterocycles. The summed E-state index contributed by atoms with van der Waals surface area (Å²) in [5.41, 5.74) is 8.18. The Labute approximate surface area is 240 Å². The summed E-state index contributed by atoms with van der Waals surface area (Å²) in [7, 11) is 3.30. The zero-order valence-electron chi connectivity index (χ0n) is 25.9. The number of carbonyl (C=O) groups excluding carboxylic acids is 2. The number of carbonyl (C=O) groups is 2. The monoisotopic (exact) mass is 559 g/mol. The van der Waals surface area contributed by atoms with Crippen LogP contribution in [0.15, 0.2) is 24.4 Å². The van der Waals surface area contributed by atoms with E-state index in [1.54, 1.807) is 28.0 Å². The molecule has 2 aromatic rings. The molecule has 0 aliphatic carbocycles. The van der Waals surface area contributed by atoms with E-state index in [0.717, 1.165) is 30.3 Å². The number of amides is 2. The number of aliphatic hydroxyl groups excluding tert-OH is 1. The van der Waals surface area contributed by atoms with E-state index >= 15 is 0 Å². The number of benzene rings is 1. The molecule has 0 aliphatic rings. The number of aromatic nitrogens is 2. The first-order chi connectivity index (χ1) is 18.8. The molecule has 2 rings (SSSR count). The summed E-state index contributed by atoms with van der Waals surface area (Å²) in [5, 5.41) is 22.3. The number of nitrogens with one attached hydrogen (secondary N) is 2. The zero-order valence-corrected chi connectivity index (χ0v) is 25.9. The van der Waals surface area contributed by atoms with Gasteiger partial charge in [-0.25, -0.2) is 0 Å². The highest BCUT2D eigenvalue weighted by molar-refractivity contribution is 5.84. The highest BCUT2D eigenvalue weighted by Crippen LogP contribution is 2.27. The van der Waals surface area contributed by atoms with E-state index < -0.39 is 23.5 Å². The maximum atomic E-state index is 13.1. The van der Waals surface area contributed by atoms with Gasteiger partial charge in [-0.2, -0.15) is 5.10 Å². The summed E-state index contributed by atoms with van der Waals surface area (Å²) >= 11 is 0. The van der Waals surface area contributed by atoms with E-state index in [1.165, 1.54) is 5.56 Å². The van der Waals surface area contributed by atoms with Crippen molar-refractivity contribution in [1.82, 2.24) is 20.4 Å². The van der Waals surface area contributed by atoms with Gasteiger partial charge in [-0.15, -0.1) is 0 Å². The van der Waals surface area contributed by atoms with Crippen molar-refractivity contribution >= 4 is 22.7 Å². The van der Waals surface area contributed by atoms with Crippen LogP contribution in [0.1, 0.15) is 66.4 Å². The number of hydrogen-bond donors (Lipinski definition) is 4. The highest BCUT2D eigenvalue weighted by atomic mass is 16.5. The normalized spacial score (nSPS) is 15.3. The largest absolute Gasteiger partial charge is 0.391 e. The standard InChI is InChI=1S/C31H53N5O4/c1-20(2)24(14-22-10-11-23-18-35-36(27(23)15-22)12-9-13-40-8)16-26(32)28(37)17-25(21(3)4)29(38)34-19-31(5,6)30(39)33-7/h10-11,15,18,20-21,24-26,28,37H,9,12-14,16-17,19,32H2,1-8H3,(H,33,39)(H,34,38)/t24-,25-,26-,28-/m0/s1. The molecular weight excluding hydrogens is 506 g/mol. The second-order valence-electron chi connectivity index (χ2n) is 12.5. The summed E-state index contributed by atoms with van der Waals surface area (Å²) in [6.07, 6.45) is 3.78.